The van der Waals surface area contributed by atoms with Gasteiger partial charge in [0, 0.05) is 5.56 Å². The Hall–Kier alpha value is -2.24. The number of primary amides is 1. The number of carbonyl (C=O) groups excluding carboxylic acids is 1. The Morgan fingerprint density at radius 1 is 1.50 bits per heavy atom. The molecule has 0 fully saturated rings. The van der Waals surface area contributed by atoms with Crippen molar-refractivity contribution >= 4 is 5.91 Å². The van der Waals surface area contributed by atoms with Gasteiger partial charge in [0.25, 0.3) is 0 Å². The van der Waals surface area contributed by atoms with Gasteiger partial charge in [-0.25, -0.2) is 4.68 Å². The van der Waals surface area contributed by atoms with Crippen LogP contribution in [0, 0.1) is 6.92 Å². The van der Waals surface area contributed by atoms with Crippen molar-refractivity contribution in [3.8, 4) is 11.4 Å². The summed E-state index contributed by atoms with van der Waals surface area (Å²) in [6.07, 6.45) is 0. The molecule has 0 saturated heterocycles. The lowest BCUT2D eigenvalue weighted by atomic mass is 10.1. The van der Waals surface area contributed by atoms with Crippen LogP contribution in [0.5, 0.6) is 0 Å². The van der Waals surface area contributed by atoms with Crippen LogP contribution in [0.2, 0.25) is 0 Å². The number of aromatic nitrogens is 4. The van der Waals surface area contributed by atoms with Crippen molar-refractivity contribution in [1.29, 1.82) is 0 Å². The minimum atomic E-state index is -0.471. The Labute approximate surface area is 92.1 Å². The first-order valence-corrected chi connectivity index (χ1v) is 4.78. The zero-order valence-electron chi connectivity index (χ0n) is 8.79. The van der Waals surface area contributed by atoms with Crippen LogP contribution in [0.15, 0.2) is 24.3 Å². The number of amides is 1. The predicted molar refractivity (Wildman–Crippen MR) is 57.2 cm³/mol. The second-order valence-corrected chi connectivity index (χ2v) is 3.50. The normalized spacial score (nSPS) is 10.3. The number of tetrazole rings is 1. The molecular weight excluding hydrogens is 206 g/mol. The van der Waals surface area contributed by atoms with Crippen molar-refractivity contribution in [3.05, 3.63) is 29.8 Å². The van der Waals surface area contributed by atoms with Crippen molar-refractivity contribution in [2.45, 2.75) is 13.5 Å². The number of carbonyl (C=O) groups is 1. The molecule has 0 saturated carbocycles. The fourth-order valence-corrected chi connectivity index (χ4v) is 1.45. The molecule has 0 bridgehead atoms. The standard InChI is InChI=1S/C10H11N5O/c1-7-3-2-4-8(5-7)10-12-13-14-15(10)6-9(11)16/h2-5H,6H2,1H3,(H2,11,16). The van der Waals surface area contributed by atoms with Crippen molar-refractivity contribution in [2.24, 2.45) is 5.73 Å². The summed E-state index contributed by atoms with van der Waals surface area (Å²) in [6.45, 7) is 1.96. The molecule has 0 aliphatic heterocycles. The fourth-order valence-electron chi connectivity index (χ4n) is 1.45. The van der Waals surface area contributed by atoms with Crippen molar-refractivity contribution < 1.29 is 4.79 Å². The number of aryl methyl sites for hydroxylation is 1. The Morgan fingerprint density at radius 2 is 2.31 bits per heavy atom. The van der Waals surface area contributed by atoms with Crippen LogP contribution in [0.3, 0.4) is 0 Å². The van der Waals surface area contributed by atoms with Crippen LogP contribution >= 0.6 is 0 Å². The number of hydrogen-bond acceptors (Lipinski definition) is 4. The molecule has 1 aromatic carbocycles. The molecule has 6 nitrogen and oxygen atoms in total. The van der Waals surface area contributed by atoms with E-state index >= 15 is 0 Å². The predicted octanol–water partition coefficient (Wildman–Crippen LogP) is 0.134. The molecule has 1 amide bonds. The van der Waals surface area contributed by atoms with E-state index in [9.17, 15) is 4.79 Å². The molecule has 0 atom stereocenters. The molecule has 2 aromatic rings. The highest BCUT2D eigenvalue weighted by atomic mass is 16.1. The molecule has 2 N–H and O–H groups in total. The lowest BCUT2D eigenvalue weighted by Crippen LogP contribution is -2.20. The molecule has 6 heteroatoms. The first kappa shape index (κ1) is 10.3. The number of hydrogen-bond donors (Lipinski definition) is 1. The van der Waals surface area contributed by atoms with Crippen molar-refractivity contribution in [3.63, 3.8) is 0 Å². The number of nitrogens with zero attached hydrogens (tertiary/aromatic N) is 4. The summed E-state index contributed by atoms with van der Waals surface area (Å²) in [5.41, 5.74) is 7.07. The van der Waals surface area contributed by atoms with Crippen LogP contribution < -0.4 is 5.73 Å². The van der Waals surface area contributed by atoms with Gasteiger partial charge < -0.3 is 5.73 Å². The summed E-state index contributed by atoms with van der Waals surface area (Å²) in [5.74, 6) is 0.0729. The van der Waals surface area contributed by atoms with Crippen LogP contribution in [0.25, 0.3) is 11.4 Å². The first-order chi connectivity index (χ1) is 7.66. The Bertz CT molecular complexity index is 519. The quantitative estimate of drug-likeness (QED) is 0.791. The summed E-state index contributed by atoms with van der Waals surface area (Å²) >= 11 is 0. The van der Waals surface area contributed by atoms with E-state index in [1.54, 1.807) is 0 Å². The van der Waals surface area contributed by atoms with Gasteiger partial charge in [-0.15, -0.1) is 5.10 Å². The third-order valence-corrected chi connectivity index (χ3v) is 2.11. The second-order valence-electron chi connectivity index (χ2n) is 3.50. The molecule has 0 radical (unpaired) electrons. The molecule has 1 heterocycles. The van der Waals surface area contributed by atoms with E-state index in [4.69, 9.17) is 5.73 Å². The zero-order chi connectivity index (χ0) is 11.5. The van der Waals surface area contributed by atoms with Gasteiger partial charge in [-0.3, -0.25) is 4.79 Å². The number of benzene rings is 1. The van der Waals surface area contributed by atoms with Gasteiger partial charge in [0.05, 0.1) is 0 Å². The minimum Gasteiger partial charge on any atom is -0.368 e. The summed E-state index contributed by atoms with van der Waals surface area (Å²) in [5, 5.41) is 11.1. The summed E-state index contributed by atoms with van der Waals surface area (Å²) in [6, 6.07) is 7.72. The van der Waals surface area contributed by atoms with E-state index in [1.807, 2.05) is 31.2 Å². The summed E-state index contributed by atoms with van der Waals surface area (Å²) in [7, 11) is 0. The maximum atomic E-state index is 10.8. The number of rotatable bonds is 3. The molecule has 82 valence electrons. The van der Waals surface area contributed by atoms with E-state index < -0.39 is 5.91 Å². The van der Waals surface area contributed by atoms with Gasteiger partial charge >= 0.3 is 0 Å². The number of nitrogens with two attached hydrogens (primary N) is 1. The van der Waals surface area contributed by atoms with E-state index in [0.29, 0.717) is 5.82 Å². The lowest BCUT2D eigenvalue weighted by Gasteiger charge is -2.02. The molecule has 0 aliphatic rings. The van der Waals surface area contributed by atoms with Gasteiger partial charge in [-0.1, -0.05) is 23.8 Å². The largest absolute Gasteiger partial charge is 0.368 e. The first-order valence-electron chi connectivity index (χ1n) is 4.78. The molecule has 0 spiro atoms. The molecule has 1 aromatic heterocycles. The third-order valence-electron chi connectivity index (χ3n) is 2.11. The van der Waals surface area contributed by atoms with E-state index in [0.717, 1.165) is 11.1 Å². The maximum absolute atomic E-state index is 10.8. The van der Waals surface area contributed by atoms with Crippen LogP contribution in [0.1, 0.15) is 5.56 Å². The SMILES string of the molecule is Cc1cccc(-c2nnnn2CC(N)=O)c1. The third kappa shape index (κ3) is 2.05. The highest BCUT2D eigenvalue weighted by Crippen LogP contribution is 2.16. The van der Waals surface area contributed by atoms with Crippen molar-refractivity contribution in [2.75, 3.05) is 0 Å². The molecule has 2 rings (SSSR count). The van der Waals surface area contributed by atoms with Crippen LogP contribution in [-0.4, -0.2) is 26.1 Å². The smallest absolute Gasteiger partial charge is 0.239 e. The van der Waals surface area contributed by atoms with Gasteiger partial charge in [0.1, 0.15) is 6.54 Å². The van der Waals surface area contributed by atoms with Crippen LogP contribution in [0.4, 0.5) is 0 Å². The van der Waals surface area contributed by atoms with Gasteiger partial charge in [0.2, 0.25) is 5.91 Å². The minimum absolute atomic E-state index is 0.0176. The molecular formula is C10H11N5O. The van der Waals surface area contributed by atoms with Gasteiger partial charge in [-0.2, -0.15) is 0 Å². The lowest BCUT2D eigenvalue weighted by molar-refractivity contribution is -0.118. The molecule has 0 aliphatic carbocycles. The summed E-state index contributed by atoms with van der Waals surface area (Å²) in [4.78, 5) is 10.8. The van der Waals surface area contributed by atoms with E-state index in [2.05, 4.69) is 15.5 Å². The highest BCUT2D eigenvalue weighted by molar-refractivity contribution is 5.74. The Balaban J connectivity index is 2.40. The molecule has 0 unspecified atom stereocenters. The Morgan fingerprint density at radius 3 is 3.00 bits per heavy atom. The topological polar surface area (TPSA) is 86.7 Å². The zero-order valence-corrected chi connectivity index (χ0v) is 8.79. The van der Waals surface area contributed by atoms with E-state index in [-0.39, 0.29) is 6.54 Å². The fraction of sp³-hybridized carbons (Fsp3) is 0.200. The summed E-state index contributed by atoms with van der Waals surface area (Å²) < 4.78 is 1.39. The van der Waals surface area contributed by atoms with Gasteiger partial charge in [-0.05, 0) is 23.4 Å². The van der Waals surface area contributed by atoms with E-state index in [1.165, 1.54) is 4.68 Å². The monoisotopic (exact) mass is 217 g/mol. The van der Waals surface area contributed by atoms with Crippen LogP contribution in [-0.2, 0) is 11.3 Å². The Kier molecular flexibility index (Phi) is 2.63. The van der Waals surface area contributed by atoms with Gasteiger partial charge in [0.15, 0.2) is 5.82 Å². The maximum Gasteiger partial charge on any atom is 0.239 e. The average molecular weight is 217 g/mol. The second kappa shape index (κ2) is 4.09. The highest BCUT2D eigenvalue weighted by Gasteiger charge is 2.10. The van der Waals surface area contributed by atoms with Crippen molar-refractivity contribution in [1.82, 2.24) is 20.2 Å². The molecule has 16 heavy (non-hydrogen) atoms. The average Bonchev–Trinajstić information content (AvgIpc) is 2.65.